The van der Waals surface area contributed by atoms with Gasteiger partial charge in [-0.15, -0.1) is 0 Å². The van der Waals surface area contributed by atoms with Gasteiger partial charge in [-0.25, -0.2) is 21.6 Å². The van der Waals surface area contributed by atoms with Crippen LogP contribution in [0.15, 0.2) is 0 Å². The fraction of sp³-hybridized carbons (Fsp3) is 1.00. The summed E-state index contributed by atoms with van der Waals surface area (Å²) in [5.74, 6) is 0.284. The molecule has 88 valence electrons. The van der Waals surface area contributed by atoms with Crippen molar-refractivity contribution in [2.45, 2.75) is 24.5 Å². The molecule has 1 heterocycles. The highest BCUT2D eigenvalue weighted by Gasteiger charge is 2.36. The molecule has 1 aliphatic carbocycles. The maximum Gasteiger partial charge on any atom is 0.214 e. The average molecular weight is 253 g/mol. The molecule has 2 aliphatic rings. The Balaban J connectivity index is 1.84. The highest BCUT2D eigenvalue weighted by atomic mass is 32.2. The van der Waals surface area contributed by atoms with Crippen molar-refractivity contribution >= 4 is 19.9 Å². The molecule has 1 unspecified atom stereocenters. The first-order valence-corrected chi connectivity index (χ1v) is 8.45. The molecule has 2 fully saturated rings. The second-order valence-electron chi connectivity index (χ2n) is 4.36. The van der Waals surface area contributed by atoms with Crippen molar-refractivity contribution < 1.29 is 16.8 Å². The summed E-state index contributed by atoms with van der Waals surface area (Å²) < 4.78 is 47.7. The van der Waals surface area contributed by atoms with E-state index in [2.05, 4.69) is 4.72 Å². The lowest BCUT2D eigenvalue weighted by molar-refractivity contribution is 0.542. The van der Waals surface area contributed by atoms with Crippen LogP contribution in [0.5, 0.6) is 0 Å². The summed E-state index contributed by atoms with van der Waals surface area (Å²) in [7, 11) is -6.06. The minimum Gasteiger partial charge on any atom is -0.229 e. The van der Waals surface area contributed by atoms with Crippen molar-refractivity contribution in [2.75, 3.05) is 18.1 Å². The molecular weight excluding hydrogens is 238 g/mol. The zero-order valence-corrected chi connectivity index (χ0v) is 9.98. The van der Waals surface area contributed by atoms with Crippen LogP contribution < -0.4 is 4.72 Å². The van der Waals surface area contributed by atoms with E-state index in [9.17, 15) is 16.8 Å². The van der Waals surface area contributed by atoms with Crippen LogP contribution >= 0.6 is 0 Å². The van der Waals surface area contributed by atoms with Crippen LogP contribution in [0.1, 0.15) is 19.3 Å². The van der Waals surface area contributed by atoms with E-state index < -0.39 is 19.9 Å². The fourth-order valence-electron chi connectivity index (χ4n) is 1.76. The predicted molar refractivity (Wildman–Crippen MR) is 56.7 cm³/mol. The predicted octanol–water partition coefficient (Wildman–Crippen LogP) is -0.497. The van der Waals surface area contributed by atoms with Gasteiger partial charge in [0.15, 0.2) is 9.84 Å². The SMILES string of the molecule is O=S1(=O)CCC(CNS(=O)(=O)C2CC2)C1. The molecule has 5 nitrogen and oxygen atoms in total. The Hall–Kier alpha value is -0.140. The van der Waals surface area contributed by atoms with Crippen LogP contribution in [0.25, 0.3) is 0 Å². The largest absolute Gasteiger partial charge is 0.229 e. The molecular formula is C8H15NO4S2. The maximum absolute atomic E-state index is 11.5. The molecule has 2 rings (SSSR count). The van der Waals surface area contributed by atoms with Crippen LogP contribution in [0.4, 0.5) is 0 Å². The van der Waals surface area contributed by atoms with E-state index in [1.165, 1.54) is 0 Å². The molecule has 0 bridgehead atoms. The van der Waals surface area contributed by atoms with Crippen molar-refractivity contribution in [3.63, 3.8) is 0 Å². The summed E-state index contributed by atoms with van der Waals surface area (Å²) >= 11 is 0. The number of rotatable bonds is 4. The Morgan fingerprint density at radius 1 is 1.20 bits per heavy atom. The topological polar surface area (TPSA) is 80.3 Å². The normalized spacial score (nSPS) is 30.5. The van der Waals surface area contributed by atoms with Crippen LogP contribution in [-0.4, -0.2) is 40.1 Å². The van der Waals surface area contributed by atoms with Gasteiger partial charge in [-0.1, -0.05) is 0 Å². The highest BCUT2D eigenvalue weighted by molar-refractivity contribution is 7.91. The number of hydrogen-bond acceptors (Lipinski definition) is 4. The van der Waals surface area contributed by atoms with E-state index in [1.807, 2.05) is 0 Å². The quantitative estimate of drug-likeness (QED) is 0.732. The van der Waals surface area contributed by atoms with E-state index in [0.717, 1.165) is 12.8 Å². The summed E-state index contributed by atoms with van der Waals surface area (Å²) in [5, 5.41) is -0.226. The Morgan fingerprint density at radius 2 is 1.87 bits per heavy atom. The average Bonchev–Trinajstić information content (AvgIpc) is 2.89. The minimum atomic E-state index is -3.16. The Kier molecular flexibility index (Phi) is 2.81. The van der Waals surface area contributed by atoms with E-state index >= 15 is 0 Å². The van der Waals surface area contributed by atoms with E-state index in [4.69, 9.17) is 0 Å². The summed E-state index contributed by atoms with van der Waals surface area (Å²) in [6.45, 7) is 0.276. The Morgan fingerprint density at radius 3 is 2.33 bits per heavy atom. The summed E-state index contributed by atoms with van der Waals surface area (Å²) in [4.78, 5) is 0. The summed E-state index contributed by atoms with van der Waals surface area (Å²) in [6, 6.07) is 0. The molecule has 0 aromatic carbocycles. The second kappa shape index (κ2) is 3.71. The van der Waals surface area contributed by atoms with Gasteiger partial charge >= 0.3 is 0 Å². The monoisotopic (exact) mass is 253 g/mol. The third-order valence-corrected chi connectivity index (χ3v) is 6.62. The van der Waals surface area contributed by atoms with Gasteiger partial charge in [0.25, 0.3) is 0 Å². The van der Waals surface area contributed by atoms with Crippen molar-refractivity contribution in [3.8, 4) is 0 Å². The fourth-order valence-corrected chi connectivity index (χ4v) is 5.09. The molecule has 7 heteroatoms. The molecule has 1 saturated heterocycles. The van der Waals surface area contributed by atoms with E-state index in [-0.39, 0.29) is 29.2 Å². The van der Waals surface area contributed by atoms with Gasteiger partial charge < -0.3 is 0 Å². The molecule has 0 radical (unpaired) electrons. The third-order valence-electron chi connectivity index (χ3n) is 2.86. The zero-order chi connectivity index (χ0) is 11.1. The standard InChI is InChI=1S/C8H15NO4S2/c10-14(11)4-3-7(6-14)5-9-15(12,13)8-1-2-8/h7-9H,1-6H2. The first-order valence-electron chi connectivity index (χ1n) is 5.08. The van der Waals surface area contributed by atoms with Crippen LogP contribution in [0.3, 0.4) is 0 Å². The van der Waals surface area contributed by atoms with Crippen LogP contribution in [0, 0.1) is 5.92 Å². The Bertz CT molecular complexity index is 435. The highest BCUT2D eigenvalue weighted by Crippen LogP contribution is 2.27. The van der Waals surface area contributed by atoms with Gasteiger partial charge in [0.2, 0.25) is 10.0 Å². The molecule has 0 amide bonds. The molecule has 0 spiro atoms. The molecule has 0 aromatic heterocycles. The van der Waals surface area contributed by atoms with Gasteiger partial charge in [-0.3, -0.25) is 0 Å². The van der Waals surface area contributed by atoms with Gasteiger partial charge in [-0.05, 0) is 25.2 Å². The van der Waals surface area contributed by atoms with E-state index in [1.54, 1.807) is 0 Å². The Labute approximate surface area is 90.2 Å². The number of nitrogens with one attached hydrogen (secondary N) is 1. The first kappa shape index (κ1) is 11.3. The summed E-state index contributed by atoms with van der Waals surface area (Å²) in [5.41, 5.74) is 0. The molecule has 1 saturated carbocycles. The lowest BCUT2D eigenvalue weighted by Gasteiger charge is -2.09. The van der Waals surface area contributed by atoms with Crippen LogP contribution in [0.2, 0.25) is 0 Å². The molecule has 15 heavy (non-hydrogen) atoms. The maximum atomic E-state index is 11.5. The van der Waals surface area contributed by atoms with Crippen molar-refractivity contribution in [3.05, 3.63) is 0 Å². The third kappa shape index (κ3) is 2.92. The van der Waals surface area contributed by atoms with Crippen LogP contribution in [-0.2, 0) is 19.9 Å². The number of sulfone groups is 1. The lowest BCUT2D eigenvalue weighted by Crippen LogP contribution is -2.32. The summed E-state index contributed by atoms with van der Waals surface area (Å²) in [6.07, 6.45) is 2.05. The number of hydrogen-bond donors (Lipinski definition) is 1. The molecule has 1 N–H and O–H groups in total. The van der Waals surface area contributed by atoms with Crippen molar-refractivity contribution in [1.29, 1.82) is 0 Å². The minimum absolute atomic E-state index is 0.0384. The first-order chi connectivity index (χ1) is 6.89. The lowest BCUT2D eigenvalue weighted by atomic mass is 10.1. The number of sulfonamides is 1. The van der Waals surface area contributed by atoms with Gasteiger partial charge in [0.1, 0.15) is 0 Å². The van der Waals surface area contributed by atoms with Gasteiger partial charge in [-0.2, -0.15) is 0 Å². The van der Waals surface area contributed by atoms with Crippen molar-refractivity contribution in [2.24, 2.45) is 5.92 Å². The smallest absolute Gasteiger partial charge is 0.214 e. The zero-order valence-electron chi connectivity index (χ0n) is 8.35. The molecule has 1 aliphatic heterocycles. The van der Waals surface area contributed by atoms with Crippen molar-refractivity contribution in [1.82, 2.24) is 4.72 Å². The molecule has 1 atom stereocenters. The molecule has 0 aromatic rings. The van der Waals surface area contributed by atoms with Gasteiger partial charge in [0.05, 0.1) is 16.8 Å². The van der Waals surface area contributed by atoms with E-state index in [0.29, 0.717) is 6.42 Å². The second-order valence-corrected chi connectivity index (χ2v) is 8.64. The van der Waals surface area contributed by atoms with Gasteiger partial charge in [0, 0.05) is 6.54 Å².